The van der Waals surface area contributed by atoms with Crippen LogP contribution in [0.1, 0.15) is 11.1 Å². The van der Waals surface area contributed by atoms with Gasteiger partial charge in [-0.2, -0.15) is 0 Å². The molecule has 0 aromatic heterocycles. The van der Waals surface area contributed by atoms with E-state index in [0.29, 0.717) is 26.1 Å². The SMILES string of the molecule is CN(CC(=O)NCCc1ccc(F)cc1)CC(=O)N1CCN(Cc2ccccc2)CC1. The van der Waals surface area contributed by atoms with E-state index >= 15 is 0 Å². The second-order valence-corrected chi connectivity index (χ2v) is 8.04. The van der Waals surface area contributed by atoms with Crippen LogP contribution in [-0.2, 0) is 22.6 Å². The van der Waals surface area contributed by atoms with Crippen molar-refractivity contribution in [2.45, 2.75) is 13.0 Å². The van der Waals surface area contributed by atoms with Gasteiger partial charge in [0.15, 0.2) is 0 Å². The summed E-state index contributed by atoms with van der Waals surface area (Å²) in [6.07, 6.45) is 0.641. The van der Waals surface area contributed by atoms with Crippen molar-refractivity contribution < 1.29 is 14.0 Å². The first-order valence-corrected chi connectivity index (χ1v) is 10.7. The minimum Gasteiger partial charge on any atom is -0.355 e. The predicted molar refractivity (Wildman–Crippen MR) is 119 cm³/mol. The summed E-state index contributed by atoms with van der Waals surface area (Å²) in [6, 6.07) is 16.6. The monoisotopic (exact) mass is 426 g/mol. The Hall–Kier alpha value is -2.77. The van der Waals surface area contributed by atoms with E-state index in [2.05, 4.69) is 22.3 Å². The lowest BCUT2D eigenvalue weighted by Crippen LogP contribution is -2.51. The highest BCUT2D eigenvalue weighted by Crippen LogP contribution is 2.09. The van der Waals surface area contributed by atoms with Gasteiger partial charge >= 0.3 is 0 Å². The molecule has 1 N–H and O–H groups in total. The number of carbonyl (C=O) groups is 2. The number of amides is 2. The van der Waals surface area contributed by atoms with Crippen LogP contribution in [0.5, 0.6) is 0 Å². The van der Waals surface area contributed by atoms with Crippen LogP contribution < -0.4 is 5.32 Å². The van der Waals surface area contributed by atoms with Crippen LogP contribution in [0.2, 0.25) is 0 Å². The maximum Gasteiger partial charge on any atom is 0.236 e. The average Bonchev–Trinajstić information content (AvgIpc) is 2.76. The third-order valence-corrected chi connectivity index (χ3v) is 5.44. The molecule has 1 saturated heterocycles. The summed E-state index contributed by atoms with van der Waals surface area (Å²) in [5.41, 5.74) is 2.25. The largest absolute Gasteiger partial charge is 0.355 e. The molecule has 0 aliphatic carbocycles. The van der Waals surface area contributed by atoms with Gasteiger partial charge in [-0.05, 0) is 36.7 Å². The topological polar surface area (TPSA) is 55.9 Å². The smallest absolute Gasteiger partial charge is 0.236 e. The molecular weight excluding hydrogens is 395 g/mol. The fourth-order valence-electron chi connectivity index (χ4n) is 3.68. The molecule has 2 amide bonds. The quantitative estimate of drug-likeness (QED) is 0.664. The molecule has 2 aromatic carbocycles. The minimum absolute atomic E-state index is 0.0565. The molecule has 1 fully saturated rings. The predicted octanol–water partition coefficient (Wildman–Crippen LogP) is 1.76. The van der Waals surface area contributed by atoms with Crippen LogP contribution in [0.25, 0.3) is 0 Å². The second kappa shape index (κ2) is 11.6. The Morgan fingerprint density at radius 3 is 2.29 bits per heavy atom. The number of nitrogens with one attached hydrogen (secondary N) is 1. The maximum absolute atomic E-state index is 12.9. The normalized spacial score (nSPS) is 14.6. The number of piperazine rings is 1. The summed E-state index contributed by atoms with van der Waals surface area (Å²) >= 11 is 0. The molecule has 166 valence electrons. The molecule has 1 aliphatic heterocycles. The molecule has 2 aromatic rings. The number of rotatable bonds is 9. The van der Waals surface area contributed by atoms with Crippen molar-refractivity contribution in [2.75, 3.05) is 52.9 Å². The molecule has 0 atom stereocenters. The van der Waals surface area contributed by atoms with Gasteiger partial charge in [0.25, 0.3) is 0 Å². The maximum atomic E-state index is 12.9. The van der Waals surface area contributed by atoms with Crippen molar-refractivity contribution in [2.24, 2.45) is 0 Å². The molecule has 0 spiro atoms. The standard InChI is InChI=1S/C24H31FN4O2/c1-27(18-23(30)26-12-11-20-7-9-22(25)10-8-20)19-24(31)29-15-13-28(14-16-29)17-21-5-3-2-4-6-21/h2-10H,11-19H2,1H3,(H,26,30). The Morgan fingerprint density at radius 2 is 1.61 bits per heavy atom. The summed E-state index contributed by atoms with van der Waals surface area (Å²) in [5.74, 6) is -0.331. The van der Waals surface area contributed by atoms with Crippen LogP contribution >= 0.6 is 0 Å². The summed E-state index contributed by atoms with van der Waals surface area (Å²) in [6.45, 7) is 4.92. The highest BCUT2D eigenvalue weighted by atomic mass is 19.1. The van der Waals surface area contributed by atoms with Crippen molar-refractivity contribution in [1.82, 2.24) is 20.0 Å². The van der Waals surface area contributed by atoms with Crippen LogP contribution in [0.4, 0.5) is 4.39 Å². The van der Waals surface area contributed by atoms with Crippen LogP contribution in [0.3, 0.4) is 0 Å². The van der Waals surface area contributed by atoms with Gasteiger partial charge in [-0.3, -0.25) is 19.4 Å². The average molecular weight is 427 g/mol. The molecule has 3 rings (SSSR count). The Balaban J connectivity index is 1.31. The highest BCUT2D eigenvalue weighted by Gasteiger charge is 2.22. The van der Waals surface area contributed by atoms with Crippen LogP contribution in [0.15, 0.2) is 54.6 Å². The van der Waals surface area contributed by atoms with E-state index in [4.69, 9.17) is 0 Å². The zero-order chi connectivity index (χ0) is 22.1. The zero-order valence-corrected chi connectivity index (χ0v) is 18.1. The summed E-state index contributed by atoms with van der Waals surface area (Å²) in [7, 11) is 1.78. The number of carbonyl (C=O) groups excluding carboxylic acids is 2. The van der Waals surface area contributed by atoms with Gasteiger partial charge < -0.3 is 10.2 Å². The molecule has 0 saturated carbocycles. The van der Waals surface area contributed by atoms with Crippen LogP contribution in [0, 0.1) is 5.82 Å². The molecule has 1 aliphatic rings. The van der Waals surface area contributed by atoms with Crippen molar-refractivity contribution in [3.8, 4) is 0 Å². The van der Waals surface area contributed by atoms with Gasteiger partial charge in [-0.25, -0.2) is 4.39 Å². The van der Waals surface area contributed by atoms with Crippen molar-refractivity contribution >= 4 is 11.8 Å². The van der Waals surface area contributed by atoms with Gasteiger partial charge in [0.05, 0.1) is 13.1 Å². The molecule has 1 heterocycles. The van der Waals surface area contributed by atoms with Crippen molar-refractivity contribution in [3.05, 3.63) is 71.5 Å². The first-order chi connectivity index (χ1) is 15.0. The lowest BCUT2D eigenvalue weighted by Gasteiger charge is -2.35. The molecule has 6 nitrogen and oxygen atoms in total. The summed E-state index contributed by atoms with van der Waals surface area (Å²) in [4.78, 5) is 30.7. The molecule has 0 radical (unpaired) electrons. The first-order valence-electron chi connectivity index (χ1n) is 10.7. The zero-order valence-electron chi connectivity index (χ0n) is 18.1. The van der Waals surface area contributed by atoms with Crippen molar-refractivity contribution in [1.29, 1.82) is 0 Å². The third kappa shape index (κ3) is 7.77. The number of nitrogens with zero attached hydrogens (tertiary/aromatic N) is 3. The van der Waals surface area contributed by atoms with E-state index in [-0.39, 0.29) is 30.7 Å². The molecular formula is C24H31FN4O2. The van der Waals surface area contributed by atoms with Gasteiger partial charge in [-0.15, -0.1) is 0 Å². The van der Waals surface area contributed by atoms with E-state index in [1.807, 2.05) is 23.1 Å². The van der Waals surface area contributed by atoms with Crippen molar-refractivity contribution in [3.63, 3.8) is 0 Å². The molecule has 0 bridgehead atoms. The Labute approximate surface area is 183 Å². The van der Waals surface area contributed by atoms with E-state index in [1.165, 1.54) is 17.7 Å². The number of likely N-dealkylation sites (N-methyl/N-ethyl adjacent to an activating group) is 1. The number of benzene rings is 2. The second-order valence-electron chi connectivity index (χ2n) is 8.04. The minimum atomic E-state index is -0.267. The third-order valence-electron chi connectivity index (χ3n) is 5.44. The first kappa shape index (κ1) is 22.9. The lowest BCUT2D eigenvalue weighted by molar-refractivity contribution is -0.134. The van der Waals surface area contributed by atoms with E-state index in [0.717, 1.165) is 25.2 Å². The summed E-state index contributed by atoms with van der Waals surface area (Å²) in [5, 5.41) is 2.85. The molecule has 0 unspecified atom stereocenters. The van der Waals surface area contributed by atoms with Gasteiger partial charge in [-0.1, -0.05) is 42.5 Å². The highest BCUT2D eigenvalue weighted by molar-refractivity contribution is 5.81. The fourth-order valence-corrected chi connectivity index (χ4v) is 3.68. The Kier molecular flexibility index (Phi) is 8.55. The van der Waals surface area contributed by atoms with E-state index in [1.54, 1.807) is 24.1 Å². The van der Waals surface area contributed by atoms with E-state index in [9.17, 15) is 14.0 Å². The van der Waals surface area contributed by atoms with Gasteiger partial charge in [0, 0.05) is 39.3 Å². The summed E-state index contributed by atoms with van der Waals surface area (Å²) < 4.78 is 12.9. The number of hydrogen-bond acceptors (Lipinski definition) is 4. The van der Waals surface area contributed by atoms with Gasteiger partial charge in [0.2, 0.25) is 11.8 Å². The fraction of sp³-hybridized carbons (Fsp3) is 0.417. The Morgan fingerprint density at radius 1 is 0.935 bits per heavy atom. The number of halogens is 1. The van der Waals surface area contributed by atoms with Gasteiger partial charge in [0.1, 0.15) is 5.82 Å². The lowest BCUT2D eigenvalue weighted by atomic mass is 10.1. The van der Waals surface area contributed by atoms with Crippen LogP contribution in [-0.4, -0.2) is 79.4 Å². The number of hydrogen-bond donors (Lipinski definition) is 1. The van der Waals surface area contributed by atoms with E-state index < -0.39 is 0 Å². The molecule has 7 heteroatoms. The molecule has 31 heavy (non-hydrogen) atoms. The Bertz CT molecular complexity index is 836.